The second kappa shape index (κ2) is 10.8. The highest BCUT2D eigenvalue weighted by Crippen LogP contribution is 2.40. The first-order valence-corrected chi connectivity index (χ1v) is 12.0. The van der Waals surface area contributed by atoms with Gasteiger partial charge in [0.05, 0.1) is 11.4 Å². The largest absolute Gasteiger partial charge is 0.490 e. The number of hydrogen-bond donors (Lipinski definition) is 1. The molecule has 0 bridgehead atoms. The van der Waals surface area contributed by atoms with Gasteiger partial charge in [-0.3, -0.25) is 9.59 Å². The van der Waals surface area contributed by atoms with Crippen LogP contribution in [0.25, 0.3) is 0 Å². The number of amides is 2. The van der Waals surface area contributed by atoms with Crippen molar-refractivity contribution in [1.29, 1.82) is 0 Å². The van der Waals surface area contributed by atoms with Gasteiger partial charge in [-0.1, -0.05) is 6.07 Å². The molecule has 2 aliphatic rings. The van der Waals surface area contributed by atoms with Crippen LogP contribution in [0.15, 0.2) is 29.9 Å². The van der Waals surface area contributed by atoms with E-state index in [1.165, 1.54) is 11.3 Å². The molecule has 1 N–H and O–H groups in total. The number of carboxylic acid groups (broad SMARTS) is 1. The van der Waals surface area contributed by atoms with Gasteiger partial charge >= 0.3 is 12.1 Å². The lowest BCUT2D eigenvalue weighted by Crippen LogP contribution is -2.55. The van der Waals surface area contributed by atoms with E-state index in [1.807, 2.05) is 51.9 Å². The quantitative estimate of drug-likeness (QED) is 0.670. The summed E-state index contributed by atoms with van der Waals surface area (Å²) in [6, 6.07) is 3.76. The van der Waals surface area contributed by atoms with E-state index in [0.717, 1.165) is 10.7 Å². The minimum atomic E-state index is -5.08. The fraction of sp³-hybridized carbons (Fsp3) is 0.545. The second-order valence-corrected chi connectivity index (χ2v) is 9.03. The summed E-state index contributed by atoms with van der Waals surface area (Å²) in [5.41, 5.74) is -0.610. The van der Waals surface area contributed by atoms with Gasteiger partial charge < -0.3 is 24.2 Å². The number of halogens is 3. The lowest BCUT2D eigenvalue weighted by Gasteiger charge is -2.46. The molecule has 2 aliphatic heterocycles. The van der Waals surface area contributed by atoms with Gasteiger partial charge in [0.25, 0.3) is 11.8 Å². The number of carbonyl (C=O) groups excluding carboxylic acids is 2. The van der Waals surface area contributed by atoms with Gasteiger partial charge in [-0.15, -0.1) is 11.3 Å². The number of imidazole rings is 1. The van der Waals surface area contributed by atoms with Crippen LogP contribution in [0.3, 0.4) is 0 Å². The molecule has 1 spiro atoms. The van der Waals surface area contributed by atoms with Crippen molar-refractivity contribution in [2.24, 2.45) is 0 Å². The van der Waals surface area contributed by atoms with E-state index in [2.05, 4.69) is 4.98 Å². The summed E-state index contributed by atoms with van der Waals surface area (Å²) in [7, 11) is 0. The van der Waals surface area contributed by atoms with Crippen molar-refractivity contribution in [3.8, 4) is 0 Å². The van der Waals surface area contributed by atoms with Crippen molar-refractivity contribution in [2.75, 3.05) is 26.2 Å². The van der Waals surface area contributed by atoms with Gasteiger partial charge in [0.15, 0.2) is 6.10 Å². The van der Waals surface area contributed by atoms with Crippen molar-refractivity contribution >= 4 is 29.1 Å². The van der Waals surface area contributed by atoms with Gasteiger partial charge in [0.2, 0.25) is 0 Å². The molecule has 13 heteroatoms. The molecule has 2 amide bonds. The molecule has 1 fully saturated rings. The molecular formula is C22H27F3N4O5S. The van der Waals surface area contributed by atoms with Crippen molar-refractivity contribution < 1.29 is 37.4 Å². The van der Waals surface area contributed by atoms with Crippen LogP contribution in [-0.2, 0) is 26.5 Å². The molecule has 0 aliphatic carbocycles. The van der Waals surface area contributed by atoms with Crippen molar-refractivity contribution in [3.05, 3.63) is 40.6 Å². The molecule has 0 saturated carbocycles. The second-order valence-electron chi connectivity index (χ2n) is 8.09. The average molecular weight is 517 g/mol. The zero-order valence-electron chi connectivity index (χ0n) is 19.3. The van der Waals surface area contributed by atoms with Crippen LogP contribution >= 0.6 is 11.3 Å². The number of piperidine rings is 1. The smallest absolute Gasteiger partial charge is 0.475 e. The molecule has 1 unspecified atom stereocenters. The third-order valence-electron chi connectivity index (χ3n) is 6.04. The first-order chi connectivity index (χ1) is 16.5. The Kier molecular flexibility index (Phi) is 8.21. The van der Waals surface area contributed by atoms with E-state index in [-0.39, 0.29) is 11.8 Å². The maximum atomic E-state index is 13.0. The number of aromatic nitrogens is 2. The number of fused-ring (bicyclic) bond motifs is 2. The molecule has 0 radical (unpaired) electrons. The van der Waals surface area contributed by atoms with Crippen LogP contribution in [0.5, 0.6) is 0 Å². The van der Waals surface area contributed by atoms with Crippen LogP contribution in [0, 0.1) is 0 Å². The average Bonchev–Trinajstić information content (AvgIpc) is 3.52. The zero-order chi connectivity index (χ0) is 25.8. The van der Waals surface area contributed by atoms with Crippen molar-refractivity contribution in [2.45, 2.75) is 51.1 Å². The summed E-state index contributed by atoms with van der Waals surface area (Å²) in [5.74, 6) is -1.78. The Balaban J connectivity index is 0.000000429. The number of carboxylic acids is 1. The van der Waals surface area contributed by atoms with Crippen LogP contribution in [-0.4, -0.2) is 80.7 Å². The van der Waals surface area contributed by atoms with Crippen LogP contribution in [0.4, 0.5) is 13.2 Å². The predicted octanol–water partition coefficient (Wildman–Crippen LogP) is 2.98. The van der Waals surface area contributed by atoms with E-state index < -0.39 is 23.9 Å². The highest BCUT2D eigenvalue weighted by Gasteiger charge is 2.48. The Morgan fingerprint density at radius 1 is 1.26 bits per heavy atom. The third kappa shape index (κ3) is 5.84. The molecule has 9 nitrogen and oxygen atoms in total. The molecule has 2 aromatic heterocycles. The van der Waals surface area contributed by atoms with Crippen LogP contribution in [0.1, 0.15) is 42.2 Å². The molecule has 1 atom stereocenters. The summed E-state index contributed by atoms with van der Waals surface area (Å²) < 4.78 is 40.2. The third-order valence-corrected chi connectivity index (χ3v) is 6.89. The van der Waals surface area contributed by atoms with Gasteiger partial charge in [0, 0.05) is 51.4 Å². The zero-order valence-corrected chi connectivity index (χ0v) is 20.1. The lowest BCUT2D eigenvalue weighted by molar-refractivity contribution is -0.192. The minimum Gasteiger partial charge on any atom is -0.475 e. The first kappa shape index (κ1) is 26.7. The molecule has 0 aromatic carbocycles. The number of thiophene rings is 1. The maximum Gasteiger partial charge on any atom is 0.490 e. The molecule has 4 heterocycles. The number of carbonyl (C=O) groups is 3. The number of likely N-dealkylation sites (N-methyl/N-ethyl adjacent to an activating group) is 1. The van der Waals surface area contributed by atoms with Crippen LogP contribution < -0.4 is 0 Å². The number of likely N-dealkylation sites (tertiary alicyclic amines) is 1. The summed E-state index contributed by atoms with van der Waals surface area (Å²) >= 11 is 1.47. The Labute approximate surface area is 204 Å². The Hall–Kier alpha value is -2.93. The van der Waals surface area contributed by atoms with E-state index >= 15 is 0 Å². The van der Waals surface area contributed by atoms with Gasteiger partial charge in [-0.25, -0.2) is 9.78 Å². The summed E-state index contributed by atoms with van der Waals surface area (Å²) in [4.78, 5) is 43.5. The Bertz CT molecular complexity index is 1030. The van der Waals surface area contributed by atoms with Crippen molar-refractivity contribution in [3.63, 3.8) is 0 Å². The maximum absolute atomic E-state index is 13.0. The molecule has 4 rings (SSSR count). The summed E-state index contributed by atoms with van der Waals surface area (Å²) in [6.07, 6.45) is -0.618. The Morgan fingerprint density at radius 2 is 1.89 bits per heavy atom. The number of nitrogens with zero attached hydrogens (tertiary/aromatic N) is 4. The summed E-state index contributed by atoms with van der Waals surface area (Å²) in [6.45, 7) is 6.98. The topological polar surface area (TPSA) is 105 Å². The standard InChI is InChI=1S/C20H26N4O3S.C2HF3O2/c1-3-22(4-2)17(25)15-14-24-12-9-21-19(24)20(27-15)7-10-23(11-8-20)18(26)16-6-5-13-28-16;3-2(4,5)1(6)7/h5-6,9,12-13,15H,3-4,7-8,10-11,14H2,1-2H3;(H,6,7). The highest BCUT2D eigenvalue weighted by atomic mass is 32.1. The monoisotopic (exact) mass is 516 g/mol. The SMILES string of the molecule is CCN(CC)C(=O)C1Cn2ccnc2C2(CCN(C(=O)c3cccs3)CC2)O1.O=C(O)C(F)(F)F. The van der Waals surface area contributed by atoms with Gasteiger partial charge in [0.1, 0.15) is 11.4 Å². The lowest BCUT2D eigenvalue weighted by atomic mass is 9.88. The van der Waals surface area contributed by atoms with E-state index in [1.54, 1.807) is 6.20 Å². The fourth-order valence-corrected chi connectivity index (χ4v) is 4.92. The van der Waals surface area contributed by atoms with Crippen molar-refractivity contribution in [1.82, 2.24) is 19.4 Å². The van der Waals surface area contributed by atoms with Crippen LogP contribution in [0.2, 0.25) is 0 Å². The van der Waals surface area contributed by atoms with E-state index in [4.69, 9.17) is 14.6 Å². The number of hydrogen-bond acceptors (Lipinski definition) is 6. The van der Waals surface area contributed by atoms with E-state index in [9.17, 15) is 22.8 Å². The fourth-order valence-electron chi connectivity index (χ4n) is 4.23. The highest BCUT2D eigenvalue weighted by molar-refractivity contribution is 7.12. The summed E-state index contributed by atoms with van der Waals surface area (Å²) in [5, 5.41) is 9.04. The Morgan fingerprint density at radius 3 is 2.40 bits per heavy atom. The number of rotatable bonds is 4. The number of alkyl halides is 3. The first-order valence-electron chi connectivity index (χ1n) is 11.1. The molecule has 35 heavy (non-hydrogen) atoms. The van der Waals surface area contributed by atoms with Gasteiger partial charge in [-0.2, -0.15) is 13.2 Å². The normalized spacial score (nSPS) is 18.9. The van der Waals surface area contributed by atoms with Gasteiger partial charge in [-0.05, 0) is 25.3 Å². The molecular weight excluding hydrogens is 489 g/mol. The number of ether oxygens (including phenoxy) is 1. The molecule has 1 saturated heterocycles. The minimum absolute atomic E-state index is 0.0285. The van der Waals surface area contributed by atoms with E-state index in [0.29, 0.717) is 45.6 Å². The predicted molar refractivity (Wildman–Crippen MR) is 120 cm³/mol. The number of aliphatic carboxylic acids is 1. The molecule has 192 valence electrons. The molecule has 2 aromatic rings.